The number of carbonyl (C=O) groups is 1. The zero-order valence-electron chi connectivity index (χ0n) is 17.1. The molecule has 0 radical (unpaired) electrons. The van der Waals surface area contributed by atoms with Crippen molar-refractivity contribution >= 4 is 22.6 Å². The van der Waals surface area contributed by atoms with Crippen LogP contribution in [0, 0.1) is 0 Å². The van der Waals surface area contributed by atoms with Crippen LogP contribution < -0.4 is 14.8 Å². The lowest BCUT2D eigenvalue weighted by Crippen LogP contribution is -2.13. The Hall–Kier alpha value is -3.80. The summed E-state index contributed by atoms with van der Waals surface area (Å²) in [6.45, 7) is 3.89. The van der Waals surface area contributed by atoms with Gasteiger partial charge in [-0.2, -0.15) is 0 Å². The quantitative estimate of drug-likeness (QED) is 0.461. The predicted octanol–water partition coefficient (Wildman–Crippen LogP) is 5.28. The summed E-state index contributed by atoms with van der Waals surface area (Å²) < 4.78 is 11.1. The molecule has 6 heteroatoms. The van der Waals surface area contributed by atoms with Gasteiger partial charge in [0, 0.05) is 11.1 Å². The second-order valence-corrected chi connectivity index (χ2v) is 7.17. The number of ether oxygens (including phenoxy) is 2. The van der Waals surface area contributed by atoms with Gasteiger partial charge in [0.1, 0.15) is 17.3 Å². The van der Waals surface area contributed by atoms with Gasteiger partial charge in [-0.25, -0.2) is 4.98 Å². The molecule has 1 aromatic heterocycles. The number of fused-ring (bicyclic) bond motifs is 1. The number of amides is 1. The summed E-state index contributed by atoms with van der Waals surface area (Å²) in [5, 5.41) is 2.94. The summed E-state index contributed by atoms with van der Waals surface area (Å²) in [5.41, 5.74) is 3.76. The number of carbonyl (C=O) groups excluding carboxylic acids is 1. The van der Waals surface area contributed by atoms with E-state index in [0.29, 0.717) is 22.7 Å². The van der Waals surface area contributed by atoms with E-state index in [-0.39, 0.29) is 12.0 Å². The maximum Gasteiger partial charge on any atom is 0.255 e. The first-order valence-electron chi connectivity index (χ1n) is 9.74. The molecule has 30 heavy (non-hydrogen) atoms. The average molecular weight is 401 g/mol. The Morgan fingerprint density at radius 1 is 1.03 bits per heavy atom. The molecule has 1 amide bonds. The molecular formula is C24H23N3O3. The van der Waals surface area contributed by atoms with Crippen molar-refractivity contribution in [2.45, 2.75) is 20.0 Å². The number of nitrogens with one attached hydrogen (secondary N) is 2. The first kappa shape index (κ1) is 19.5. The van der Waals surface area contributed by atoms with E-state index in [0.717, 1.165) is 22.4 Å². The van der Waals surface area contributed by atoms with Gasteiger partial charge in [-0.1, -0.05) is 18.2 Å². The molecule has 0 bridgehead atoms. The highest BCUT2D eigenvalue weighted by Gasteiger charge is 2.14. The van der Waals surface area contributed by atoms with Crippen LogP contribution in [0.4, 0.5) is 5.69 Å². The van der Waals surface area contributed by atoms with Crippen molar-refractivity contribution in [3.8, 4) is 22.9 Å². The second kappa shape index (κ2) is 8.29. The van der Waals surface area contributed by atoms with E-state index in [9.17, 15) is 4.79 Å². The molecule has 4 aromatic rings. The molecule has 3 aromatic carbocycles. The largest absolute Gasteiger partial charge is 0.495 e. The Balaban J connectivity index is 1.63. The van der Waals surface area contributed by atoms with E-state index in [4.69, 9.17) is 9.47 Å². The minimum atomic E-state index is -0.246. The summed E-state index contributed by atoms with van der Waals surface area (Å²) in [7, 11) is 1.57. The number of para-hydroxylation sites is 2. The fourth-order valence-corrected chi connectivity index (χ4v) is 3.22. The van der Waals surface area contributed by atoms with Crippen molar-refractivity contribution in [1.82, 2.24) is 9.97 Å². The number of imidazole rings is 1. The second-order valence-electron chi connectivity index (χ2n) is 7.17. The number of benzene rings is 3. The van der Waals surface area contributed by atoms with E-state index in [1.807, 2.05) is 62.4 Å². The molecule has 0 spiro atoms. The molecule has 152 valence electrons. The van der Waals surface area contributed by atoms with E-state index in [1.54, 1.807) is 25.3 Å². The lowest BCUT2D eigenvalue weighted by molar-refractivity contribution is 0.102. The lowest BCUT2D eigenvalue weighted by Gasteiger charge is -2.13. The number of H-pyrrole nitrogens is 1. The van der Waals surface area contributed by atoms with Crippen molar-refractivity contribution in [2.24, 2.45) is 0 Å². The number of hydrogen-bond acceptors (Lipinski definition) is 4. The van der Waals surface area contributed by atoms with Gasteiger partial charge in [0.2, 0.25) is 0 Å². The van der Waals surface area contributed by atoms with Crippen molar-refractivity contribution in [2.75, 3.05) is 12.4 Å². The highest BCUT2D eigenvalue weighted by molar-refractivity contribution is 6.05. The normalized spacial score (nSPS) is 10.9. The summed E-state index contributed by atoms with van der Waals surface area (Å²) in [6.07, 6.45) is 0.0314. The number of methoxy groups -OCH3 is 1. The minimum Gasteiger partial charge on any atom is -0.495 e. The SMILES string of the molecule is COc1ccc(-c2nc3ccccc3[nH]2)cc1NC(=O)c1cccc(OC(C)C)c1. The number of hydrogen-bond donors (Lipinski definition) is 2. The highest BCUT2D eigenvalue weighted by Crippen LogP contribution is 2.31. The molecule has 0 aliphatic rings. The van der Waals surface area contributed by atoms with Crippen LogP contribution in [-0.2, 0) is 0 Å². The molecule has 0 saturated heterocycles. The summed E-state index contributed by atoms with van der Waals surface area (Å²) in [5.74, 6) is 1.70. The molecule has 0 aliphatic heterocycles. The molecule has 0 fully saturated rings. The zero-order chi connectivity index (χ0) is 21.1. The fourth-order valence-electron chi connectivity index (χ4n) is 3.22. The van der Waals surface area contributed by atoms with Gasteiger partial charge in [-0.05, 0) is 62.4 Å². The number of rotatable bonds is 6. The van der Waals surface area contributed by atoms with Crippen LogP contribution in [-0.4, -0.2) is 29.1 Å². The summed E-state index contributed by atoms with van der Waals surface area (Å²) in [4.78, 5) is 20.8. The average Bonchev–Trinajstić information content (AvgIpc) is 3.18. The van der Waals surface area contributed by atoms with Gasteiger partial charge in [-0.3, -0.25) is 4.79 Å². The first-order valence-corrected chi connectivity index (χ1v) is 9.74. The van der Waals surface area contributed by atoms with Crippen LogP contribution in [0.5, 0.6) is 11.5 Å². The Morgan fingerprint density at radius 3 is 2.63 bits per heavy atom. The van der Waals surface area contributed by atoms with Crippen LogP contribution in [0.25, 0.3) is 22.4 Å². The van der Waals surface area contributed by atoms with Gasteiger partial charge in [0.25, 0.3) is 5.91 Å². The summed E-state index contributed by atoms with van der Waals surface area (Å²) in [6, 6.07) is 20.5. The smallest absolute Gasteiger partial charge is 0.255 e. The minimum absolute atomic E-state index is 0.0314. The monoisotopic (exact) mass is 401 g/mol. The Kier molecular flexibility index (Phi) is 5.39. The molecule has 4 rings (SSSR count). The van der Waals surface area contributed by atoms with Gasteiger partial charge in [-0.15, -0.1) is 0 Å². The molecule has 0 unspecified atom stereocenters. The molecular weight excluding hydrogens is 378 g/mol. The van der Waals surface area contributed by atoms with Gasteiger partial charge in [0.15, 0.2) is 0 Å². The van der Waals surface area contributed by atoms with E-state index >= 15 is 0 Å². The third-order valence-corrected chi connectivity index (χ3v) is 4.58. The number of aromatic amines is 1. The number of aromatic nitrogens is 2. The molecule has 1 heterocycles. The maximum atomic E-state index is 12.9. The van der Waals surface area contributed by atoms with Crippen LogP contribution in [0.3, 0.4) is 0 Å². The Bertz CT molecular complexity index is 1160. The van der Waals surface area contributed by atoms with Crippen molar-refractivity contribution in [3.63, 3.8) is 0 Å². The number of anilines is 1. The Labute approximate surface area is 174 Å². The van der Waals surface area contributed by atoms with Crippen LogP contribution in [0.1, 0.15) is 24.2 Å². The Morgan fingerprint density at radius 2 is 1.87 bits per heavy atom. The highest BCUT2D eigenvalue weighted by atomic mass is 16.5. The standard InChI is InChI=1S/C24H23N3O3/c1-15(2)30-18-8-6-7-17(13-18)24(28)27-21-14-16(11-12-22(21)29-3)23-25-19-9-4-5-10-20(19)26-23/h4-15H,1-3H3,(H,25,26)(H,27,28). The van der Waals surface area contributed by atoms with E-state index < -0.39 is 0 Å². The zero-order valence-corrected chi connectivity index (χ0v) is 17.1. The molecule has 6 nitrogen and oxygen atoms in total. The molecule has 0 saturated carbocycles. The van der Waals surface area contributed by atoms with E-state index in [1.165, 1.54) is 0 Å². The third-order valence-electron chi connectivity index (χ3n) is 4.58. The van der Waals surface area contributed by atoms with Crippen LogP contribution in [0.15, 0.2) is 66.7 Å². The molecule has 0 aliphatic carbocycles. The first-order chi connectivity index (χ1) is 14.5. The molecule has 0 atom stereocenters. The van der Waals surface area contributed by atoms with Gasteiger partial charge < -0.3 is 19.8 Å². The summed E-state index contributed by atoms with van der Waals surface area (Å²) >= 11 is 0. The topological polar surface area (TPSA) is 76.2 Å². The molecule has 2 N–H and O–H groups in total. The van der Waals surface area contributed by atoms with E-state index in [2.05, 4.69) is 15.3 Å². The number of nitrogens with zero attached hydrogens (tertiary/aromatic N) is 1. The lowest BCUT2D eigenvalue weighted by atomic mass is 10.1. The third kappa shape index (κ3) is 4.12. The fraction of sp³-hybridized carbons (Fsp3) is 0.167. The maximum absolute atomic E-state index is 12.9. The van der Waals surface area contributed by atoms with Crippen molar-refractivity contribution in [1.29, 1.82) is 0 Å². The van der Waals surface area contributed by atoms with Crippen molar-refractivity contribution < 1.29 is 14.3 Å². The van der Waals surface area contributed by atoms with Crippen LogP contribution in [0.2, 0.25) is 0 Å². The predicted molar refractivity (Wildman–Crippen MR) is 118 cm³/mol. The van der Waals surface area contributed by atoms with Gasteiger partial charge >= 0.3 is 0 Å². The van der Waals surface area contributed by atoms with Crippen LogP contribution >= 0.6 is 0 Å². The van der Waals surface area contributed by atoms with Crippen molar-refractivity contribution in [3.05, 3.63) is 72.3 Å². The van der Waals surface area contributed by atoms with Gasteiger partial charge in [0.05, 0.1) is 29.9 Å².